The second-order valence-electron chi connectivity index (χ2n) is 4.04. The van der Waals surface area contributed by atoms with E-state index >= 15 is 0 Å². The molecule has 1 rings (SSSR count). The zero-order valence-electron chi connectivity index (χ0n) is 10.7. The van der Waals surface area contributed by atoms with Crippen LogP contribution in [-0.2, 0) is 4.74 Å². The van der Waals surface area contributed by atoms with E-state index in [1.807, 2.05) is 27.0 Å². The number of aromatic nitrogens is 2. The normalized spacial score (nSPS) is 12.9. The van der Waals surface area contributed by atoms with E-state index in [9.17, 15) is 0 Å². The Kier molecular flexibility index (Phi) is 4.68. The highest BCUT2D eigenvalue weighted by atomic mass is 16.5. The summed E-state index contributed by atoms with van der Waals surface area (Å²) in [4.78, 5) is 8.93. The van der Waals surface area contributed by atoms with Crippen LogP contribution in [0.15, 0.2) is 6.07 Å². The predicted octanol–water partition coefficient (Wildman–Crippen LogP) is 2.74. The van der Waals surface area contributed by atoms with Crippen molar-refractivity contribution in [1.29, 1.82) is 0 Å². The molecule has 0 aliphatic carbocycles. The zero-order chi connectivity index (χ0) is 12.1. The number of hydrogen-bond donors (Lipinski definition) is 1. The van der Waals surface area contributed by atoms with E-state index in [1.54, 1.807) is 0 Å². The molecule has 16 heavy (non-hydrogen) atoms. The molecular weight excluding hydrogens is 202 g/mol. The first kappa shape index (κ1) is 12.9. The molecule has 0 aromatic carbocycles. The molecule has 0 amide bonds. The average Bonchev–Trinajstić information content (AvgIpc) is 2.28. The van der Waals surface area contributed by atoms with Gasteiger partial charge in [-0.25, -0.2) is 9.97 Å². The Hall–Kier alpha value is -1.16. The lowest BCUT2D eigenvalue weighted by molar-refractivity contribution is 0.0699. The minimum absolute atomic E-state index is 0.0594. The van der Waals surface area contributed by atoms with E-state index < -0.39 is 0 Å². The fraction of sp³-hybridized carbons (Fsp3) is 0.667. The topological polar surface area (TPSA) is 47.0 Å². The van der Waals surface area contributed by atoms with Gasteiger partial charge >= 0.3 is 0 Å². The highest BCUT2D eigenvalue weighted by molar-refractivity contribution is 5.36. The van der Waals surface area contributed by atoms with Gasteiger partial charge in [-0.15, -0.1) is 0 Å². The highest BCUT2D eigenvalue weighted by Gasteiger charge is 2.12. The molecule has 0 spiro atoms. The van der Waals surface area contributed by atoms with Gasteiger partial charge in [0, 0.05) is 25.4 Å². The third-order valence-electron chi connectivity index (χ3n) is 2.39. The monoisotopic (exact) mass is 223 g/mol. The van der Waals surface area contributed by atoms with Crippen LogP contribution in [0.4, 0.5) is 5.82 Å². The first-order valence-corrected chi connectivity index (χ1v) is 5.76. The lowest BCUT2D eigenvalue weighted by atomic mass is 10.1. The maximum absolute atomic E-state index is 5.51. The molecule has 4 nitrogen and oxygen atoms in total. The Bertz CT molecular complexity index is 339. The maximum atomic E-state index is 5.51. The van der Waals surface area contributed by atoms with Crippen LogP contribution in [0.25, 0.3) is 0 Å². The SMILES string of the molecule is CCOC(C)c1nc(NC)cc(C(C)C)n1. The molecule has 0 saturated carbocycles. The number of hydrogen-bond acceptors (Lipinski definition) is 4. The molecule has 0 bridgehead atoms. The third kappa shape index (κ3) is 3.17. The largest absolute Gasteiger partial charge is 0.373 e. The molecule has 0 aliphatic rings. The van der Waals surface area contributed by atoms with Crippen LogP contribution in [0.3, 0.4) is 0 Å². The Morgan fingerprint density at radius 1 is 1.31 bits per heavy atom. The van der Waals surface area contributed by atoms with Crippen molar-refractivity contribution < 1.29 is 4.74 Å². The van der Waals surface area contributed by atoms with Crippen molar-refractivity contribution in [2.75, 3.05) is 19.0 Å². The summed E-state index contributed by atoms with van der Waals surface area (Å²) in [5, 5.41) is 3.05. The van der Waals surface area contributed by atoms with Crippen molar-refractivity contribution in [2.45, 2.75) is 39.7 Å². The smallest absolute Gasteiger partial charge is 0.159 e. The van der Waals surface area contributed by atoms with Crippen molar-refractivity contribution in [2.24, 2.45) is 0 Å². The fourth-order valence-corrected chi connectivity index (χ4v) is 1.42. The van der Waals surface area contributed by atoms with Gasteiger partial charge in [-0.1, -0.05) is 13.8 Å². The Morgan fingerprint density at radius 3 is 2.50 bits per heavy atom. The number of anilines is 1. The molecule has 90 valence electrons. The molecule has 0 radical (unpaired) electrons. The predicted molar refractivity (Wildman–Crippen MR) is 65.7 cm³/mol. The zero-order valence-corrected chi connectivity index (χ0v) is 10.7. The maximum Gasteiger partial charge on any atom is 0.159 e. The molecule has 1 aromatic heterocycles. The van der Waals surface area contributed by atoms with Gasteiger partial charge in [0.1, 0.15) is 11.9 Å². The standard InChI is InChI=1S/C12H21N3O/c1-6-16-9(4)12-14-10(8(2)3)7-11(13-5)15-12/h7-9H,6H2,1-5H3,(H,13,14,15). The van der Waals surface area contributed by atoms with Gasteiger partial charge in [-0.3, -0.25) is 0 Å². The lowest BCUT2D eigenvalue weighted by Gasteiger charge is -2.14. The average molecular weight is 223 g/mol. The fourth-order valence-electron chi connectivity index (χ4n) is 1.42. The van der Waals surface area contributed by atoms with E-state index in [0.717, 1.165) is 17.3 Å². The quantitative estimate of drug-likeness (QED) is 0.833. The minimum Gasteiger partial charge on any atom is -0.373 e. The van der Waals surface area contributed by atoms with Gasteiger partial charge in [-0.05, 0) is 19.8 Å². The number of ether oxygens (including phenoxy) is 1. The molecule has 4 heteroatoms. The number of nitrogens with zero attached hydrogens (tertiary/aromatic N) is 2. The summed E-state index contributed by atoms with van der Waals surface area (Å²) in [5.41, 5.74) is 1.04. The Labute approximate surface area is 97.5 Å². The first-order valence-electron chi connectivity index (χ1n) is 5.76. The van der Waals surface area contributed by atoms with Crippen LogP contribution in [0.1, 0.15) is 51.2 Å². The molecule has 1 heterocycles. The van der Waals surface area contributed by atoms with Crippen molar-refractivity contribution >= 4 is 5.82 Å². The minimum atomic E-state index is -0.0594. The van der Waals surface area contributed by atoms with Gasteiger partial charge in [0.25, 0.3) is 0 Å². The first-order chi connectivity index (χ1) is 7.58. The second-order valence-corrected chi connectivity index (χ2v) is 4.04. The third-order valence-corrected chi connectivity index (χ3v) is 2.39. The van der Waals surface area contributed by atoms with E-state index in [-0.39, 0.29) is 6.10 Å². The molecule has 0 aliphatic heterocycles. The van der Waals surface area contributed by atoms with Crippen molar-refractivity contribution in [1.82, 2.24) is 9.97 Å². The molecule has 1 unspecified atom stereocenters. The summed E-state index contributed by atoms with van der Waals surface area (Å²) in [5.74, 6) is 1.99. The Morgan fingerprint density at radius 2 is 2.00 bits per heavy atom. The van der Waals surface area contributed by atoms with Gasteiger partial charge in [0.2, 0.25) is 0 Å². The van der Waals surface area contributed by atoms with E-state index in [1.165, 1.54) is 0 Å². The van der Waals surface area contributed by atoms with E-state index in [4.69, 9.17) is 4.74 Å². The van der Waals surface area contributed by atoms with Gasteiger partial charge in [0.05, 0.1) is 0 Å². The summed E-state index contributed by atoms with van der Waals surface area (Å²) >= 11 is 0. The van der Waals surface area contributed by atoms with Gasteiger partial charge in [-0.2, -0.15) is 0 Å². The number of rotatable bonds is 5. The summed E-state index contributed by atoms with van der Waals surface area (Å²) in [6, 6.07) is 1.98. The molecular formula is C12H21N3O. The van der Waals surface area contributed by atoms with E-state index in [0.29, 0.717) is 12.5 Å². The summed E-state index contributed by atoms with van der Waals surface area (Å²) in [6.07, 6.45) is -0.0594. The molecule has 0 saturated heterocycles. The van der Waals surface area contributed by atoms with Crippen molar-refractivity contribution in [3.05, 3.63) is 17.6 Å². The van der Waals surface area contributed by atoms with Crippen LogP contribution in [0, 0.1) is 0 Å². The highest BCUT2D eigenvalue weighted by Crippen LogP contribution is 2.19. The Balaban J connectivity index is 3.03. The lowest BCUT2D eigenvalue weighted by Crippen LogP contribution is -2.09. The van der Waals surface area contributed by atoms with Crippen molar-refractivity contribution in [3.63, 3.8) is 0 Å². The van der Waals surface area contributed by atoms with Crippen molar-refractivity contribution in [3.8, 4) is 0 Å². The second kappa shape index (κ2) is 5.80. The van der Waals surface area contributed by atoms with Crippen LogP contribution in [0.5, 0.6) is 0 Å². The summed E-state index contributed by atoms with van der Waals surface area (Å²) in [7, 11) is 1.86. The van der Waals surface area contributed by atoms with Gasteiger partial charge in [0.15, 0.2) is 5.82 Å². The van der Waals surface area contributed by atoms with Crippen LogP contribution in [0.2, 0.25) is 0 Å². The summed E-state index contributed by atoms with van der Waals surface area (Å²) < 4.78 is 5.51. The van der Waals surface area contributed by atoms with E-state index in [2.05, 4.69) is 29.1 Å². The number of nitrogens with one attached hydrogen (secondary N) is 1. The molecule has 1 aromatic rings. The molecule has 1 atom stereocenters. The molecule has 1 N–H and O–H groups in total. The van der Waals surface area contributed by atoms with Crippen LogP contribution >= 0.6 is 0 Å². The summed E-state index contributed by atoms with van der Waals surface area (Å²) in [6.45, 7) is 8.86. The van der Waals surface area contributed by atoms with Crippen LogP contribution < -0.4 is 5.32 Å². The molecule has 0 fully saturated rings. The van der Waals surface area contributed by atoms with Crippen LogP contribution in [-0.4, -0.2) is 23.6 Å². The van der Waals surface area contributed by atoms with Gasteiger partial charge < -0.3 is 10.1 Å².